The van der Waals surface area contributed by atoms with Gasteiger partial charge in [-0.2, -0.15) is 0 Å². The molecule has 6 heteroatoms. The average Bonchev–Trinajstić information content (AvgIpc) is 2.54. The van der Waals surface area contributed by atoms with Crippen LogP contribution in [0.3, 0.4) is 0 Å². The first-order chi connectivity index (χ1) is 10.1. The van der Waals surface area contributed by atoms with Crippen LogP contribution in [0.15, 0.2) is 29.2 Å². The molecule has 5 nitrogen and oxygen atoms in total. The summed E-state index contributed by atoms with van der Waals surface area (Å²) in [6.45, 7) is 3.18. The Kier molecular flexibility index (Phi) is 5.64. The van der Waals surface area contributed by atoms with E-state index in [1.54, 1.807) is 18.0 Å². The van der Waals surface area contributed by atoms with Gasteiger partial charge in [0, 0.05) is 38.1 Å². The molecule has 0 aliphatic carbocycles. The molecule has 1 aliphatic heterocycles. The number of amides is 2. The van der Waals surface area contributed by atoms with Gasteiger partial charge in [0.15, 0.2) is 0 Å². The number of nitrogens with zero attached hydrogens (tertiary/aromatic N) is 2. The fraction of sp³-hybridized carbons (Fsp3) is 0.467. The van der Waals surface area contributed by atoms with Crippen LogP contribution in [-0.2, 0) is 4.79 Å². The lowest BCUT2D eigenvalue weighted by atomic mass is 10.2. The summed E-state index contributed by atoms with van der Waals surface area (Å²) >= 11 is 1.54. The first kappa shape index (κ1) is 15.9. The Morgan fingerprint density at radius 3 is 2.62 bits per heavy atom. The molecular formula is C15H21N3O2S. The van der Waals surface area contributed by atoms with Crippen LogP contribution < -0.4 is 5.32 Å². The average molecular weight is 307 g/mol. The maximum Gasteiger partial charge on any atom is 0.255 e. The van der Waals surface area contributed by atoms with Gasteiger partial charge in [-0.3, -0.25) is 9.59 Å². The lowest BCUT2D eigenvalue weighted by Gasteiger charge is -2.29. The Labute approximate surface area is 129 Å². The second-order valence-electron chi connectivity index (χ2n) is 4.99. The van der Waals surface area contributed by atoms with Crippen LogP contribution in [0, 0.1) is 0 Å². The lowest BCUT2D eigenvalue weighted by molar-refractivity contribution is -0.132. The number of carbonyl (C=O) groups excluding carboxylic acids is 2. The van der Waals surface area contributed by atoms with Crippen molar-refractivity contribution in [3.05, 3.63) is 29.8 Å². The zero-order valence-corrected chi connectivity index (χ0v) is 13.3. The molecule has 0 radical (unpaired) electrons. The summed E-state index contributed by atoms with van der Waals surface area (Å²) < 4.78 is 0. The smallest absolute Gasteiger partial charge is 0.255 e. The number of rotatable bonds is 4. The van der Waals surface area contributed by atoms with Crippen molar-refractivity contribution < 1.29 is 9.59 Å². The van der Waals surface area contributed by atoms with E-state index < -0.39 is 0 Å². The zero-order chi connectivity index (χ0) is 15.2. The monoisotopic (exact) mass is 307 g/mol. The summed E-state index contributed by atoms with van der Waals surface area (Å²) in [5.74, 6) is -0.0996. The molecule has 1 aromatic rings. The highest BCUT2D eigenvalue weighted by Gasteiger charge is 2.21. The Morgan fingerprint density at radius 1 is 1.29 bits per heavy atom. The molecule has 2 amide bonds. The summed E-state index contributed by atoms with van der Waals surface area (Å²) in [7, 11) is 1.68. The normalized spacial score (nSPS) is 14.9. The van der Waals surface area contributed by atoms with Crippen molar-refractivity contribution in [3.8, 4) is 0 Å². The van der Waals surface area contributed by atoms with Gasteiger partial charge in [-0.05, 0) is 18.4 Å². The SMILES string of the molecule is CSc1ccccc1C(=O)N(C)CC(=O)N1CCNCC1. The number of hydrogen-bond donors (Lipinski definition) is 1. The van der Waals surface area contributed by atoms with Crippen molar-refractivity contribution in [2.24, 2.45) is 0 Å². The first-order valence-electron chi connectivity index (χ1n) is 7.00. The predicted octanol–water partition coefficient (Wildman–Crippen LogP) is 0.912. The Bertz CT molecular complexity index is 515. The zero-order valence-electron chi connectivity index (χ0n) is 12.5. The van der Waals surface area contributed by atoms with E-state index in [1.165, 1.54) is 16.7 Å². The van der Waals surface area contributed by atoms with Crippen molar-refractivity contribution >= 4 is 23.6 Å². The van der Waals surface area contributed by atoms with Crippen LogP contribution in [0.2, 0.25) is 0 Å². The fourth-order valence-corrected chi connectivity index (χ4v) is 2.91. The quantitative estimate of drug-likeness (QED) is 0.840. The van der Waals surface area contributed by atoms with E-state index in [9.17, 15) is 9.59 Å². The lowest BCUT2D eigenvalue weighted by Crippen LogP contribution is -2.49. The highest BCUT2D eigenvalue weighted by molar-refractivity contribution is 7.98. The van der Waals surface area contributed by atoms with Crippen molar-refractivity contribution in [3.63, 3.8) is 0 Å². The van der Waals surface area contributed by atoms with Gasteiger partial charge in [-0.1, -0.05) is 12.1 Å². The molecule has 0 saturated carbocycles. The molecule has 1 heterocycles. The summed E-state index contributed by atoms with van der Waals surface area (Å²) in [6.07, 6.45) is 1.94. The Balaban J connectivity index is 2.00. The molecule has 1 aromatic carbocycles. The standard InChI is InChI=1S/C15H21N3O2S/c1-17(11-14(19)18-9-7-16-8-10-18)15(20)12-5-3-4-6-13(12)21-2/h3-6,16H,7-11H2,1-2H3. The van der Waals surface area contributed by atoms with Crippen LogP contribution >= 0.6 is 11.8 Å². The van der Waals surface area contributed by atoms with E-state index >= 15 is 0 Å². The van der Waals surface area contributed by atoms with Gasteiger partial charge < -0.3 is 15.1 Å². The molecule has 0 aromatic heterocycles. The van der Waals surface area contributed by atoms with Gasteiger partial charge in [0.05, 0.1) is 12.1 Å². The Morgan fingerprint density at radius 2 is 1.95 bits per heavy atom. The minimum Gasteiger partial charge on any atom is -0.339 e. The predicted molar refractivity (Wildman–Crippen MR) is 84.6 cm³/mol. The van der Waals surface area contributed by atoms with Crippen molar-refractivity contribution in [1.82, 2.24) is 15.1 Å². The van der Waals surface area contributed by atoms with Gasteiger partial charge in [0.25, 0.3) is 5.91 Å². The summed E-state index contributed by atoms with van der Waals surface area (Å²) in [5.41, 5.74) is 0.653. The first-order valence-corrected chi connectivity index (χ1v) is 8.23. The van der Waals surface area contributed by atoms with Gasteiger partial charge in [-0.15, -0.1) is 11.8 Å². The molecule has 21 heavy (non-hydrogen) atoms. The largest absolute Gasteiger partial charge is 0.339 e. The molecule has 0 atom stereocenters. The molecule has 1 saturated heterocycles. The second kappa shape index (κ2) is 7.47. The van der Waals surface area contributed by atoms with E-state index in [0.717, 1.165) is 18.0 Å². The van der Waals surface area contributed by atoms with Crippen LogP contribution in [0.25, 0.3) is 0 Å². The van der Waals surface area contributed by atoms with Gasteiger partial charge in [0.2, 0.25) is 5.91 Å². The number of nitrogens with one attached hydrogen (secondary N) is 1. The Hall–Kier alpha value is -1.53. The second-order valence-corrected chi connectivity index (χ2v) is 5.84. The molecule has 1 N–H and O–H groups in total. The number of hydrogen-bond acceptors (Lipinski definition) is 4. The van der Waals surface area contributed by atoms with Crippen LogP contribution in [0.4, 0.5) is 0 Å². The van der Waals surface area contributed by atoms with Crippen molar-refractivity contribution in [2.45, 2.75) is 4.90 Å². The number of likely N-dealkylation sites (N-methyl/N-ethyl adjacent to an activating group) is 1. The van der Waals surface area contributed by atoms with Gasteiger partial charge in [0.1, 0.15) is 0 Å². The number of carbonyl (C=O) groups is 2. The van der Waals surface area contributed by atoms with E-state index in [2.05, 4.69) is 5.32 Å². The molecule has 1 aliphatic rings. The molecule has 0 unspecified atom stereocenters. The third-order valence-electron chi connectivity index (χ3n) is 3.53. The third-order valence-corrected chi connectivity index (χ3v) is 4.32. The van der Waals surface area contributed by atoms with Gasteiger partial charge >= 0.3 is 0 Å². The molecule has 0 bridgehead atoms. The molecular weight excluding hydrogens is 286 g/mol. The third kappa shape index (κ3) is 3.98. The fourth-order valence-electron chi connectivity index (χ4n) is 2.32. The van der Waals surface area contributed by atoms with Crippen LogP contribution in [0.5, 0.6) is 0 Å². The summed E-state index contributed by atoms with van der Waals surface area (Å²) in [5, 5.41) is 3.21. The number of thioether (sulfide) groups is 1. The topological polar surface area (TPSA) is 52.7 Å². The van der Waals surface area contributed by atoms with Gasteiger partial charge in [-0.25, -0.2) is 0 Å². The molecule has 114 valence electrons. The highest BCUT2D eigenvalue weighted by atomic mass is 32.2. The molecule has 0 spiro atoms. The minimum absolute atomic E-state index is 0.00832. The van der Waals surface area contributed by atoms with Crippen molar-refractivity contribution in [1.29, 1.82) is 0 Å². The summed E-state index contributed by atoms with van der Waals surface area (Å²) in [4.78, 5) is 28.9. The number of piperazine rings is 1. The summed E-state index contributed by atoms with van der Waals surface area (Å²) in [6, 6.07) is 7.48. The van der Waals surface area contributed by atoms with E-state index in [1.807, 2.05) is 24.5 Å². The van der Waals surface area contributed by atoms with Crippen LogP contribution in [0.1, 0.15) is 10.4 Å². The maximum absolute atomic E-state index is 12.5. The highest BCUT2D eigenvalue weighted by Crippen LogP contribution is 2.21. The van der Waals surface area contributed by atoms with E-state index in [4.69, 9.17) is 0 Å². The van der Waals surface area contributed by atoms with E-state index in [0.29, 0.717) is 18.7 Å². The van der Waals surface area contributed by atoms with Crippen LogP contribution in [-0.4, -0.2) is 67.6 Å². The van der Waals surface area contributed by atoms with Crippen molar-refractivity contribution in [2.75, 3.05) is 46.0 Å². The minimum atomic E-state index is -0.108. The van der Waals surface area contributed by atoms with E-state index in [-0.39, 0.29) is 18.4 Å². The maximum atomic E-state index is 12.5. The molecule has 2 rings (SSSR count). The molecule has 1 fully saturated rings. The number of benzene rings is 1.